The molecule has 0 saturated carbocycles. The molecule has 2 aromatic carbocycles. The van der Waals surface area contributed by atoms with E-state index in [1.807, 2.05) is 13.0 Å². The lowest BCUT2D eigenvalue weighted by molar-refractivity contribution is -0.269. The first-order chi connectivity index (χ1) is 20.6. The zero-order valence-electron chi connectivity index (χ0n) is 23.0. The summed E-state index contributed by atoms with van der Waals surface area (Å²) in [6, 6.07) is 19.2. The number of pyridine rings is 2. The minimum absolute atomic E-state index is 0.0321. The van der Waals surface area contributed by atoms with Gasteiger partial charge in [0.25, 0.3) is 15.6 Å². The van der Waals surface area contributed by atoms with Crippen molar-refractivity contribution >= 4 is 27.0 Å². The number of fused-ring (bicyclic) bond motifs is 3. The molecule has 220 valence electrons. The summed E-state index contributed by atoms with van der Waals surface area (Å²) >= 11 is 0. The summed E-state index contributed by atoms with van der Waals surface area (Å²) in [5.74, 6) is -0.591. The first-order valence-corrected chi connectivity index (χ1v) is 14.9. The number of ether oxygens (including phenoxy) is 1. The topological polar surface area (TPSA) is 127 Å². The number of carboxylic acid groups (broad SMARTS) is 1. The quantitative estimate of drug-likeness (QED) is 0.292. The predicted octanol–water partition coefficient (Wildman–Crippen LogP) is 3.40. The Balaban J connectivity index is 1.46. The third-order valence-corrected chi connectivity index (χ3v) is 9.36. The smallest absolute Gasteiger partial charge is 0.294 e. The summed E-state index contributed by atoms with van der Waals surface area (Å²) in [6.07, 6.45) is -0.0989. The molecular weight excluding hydrogens is 575 g/mol. The standard InChI is InChI=1S/C31H27FN4O6S/c1-20-8-12-23(13-9-20)43(40,41)36-26-6-3-2-5-24(26)25-14-16-35(31(38)39)29(17-27(25)36)34-15-4-7-28(30(34)37)42-19-22-11-10-21(32)18-33-22/h2-13,15,18,29H,14,16-17,19H2,1H3,(H,38,39)/p-1. The van der Waals surface area contributed by atoms with Crippen LogP contribution in [0.15, 0.2) is 94.9 Å². The van der Waals surface area contributed by atoms with Gasteiger partial charge in [0.15, 0.2) is 5.75 Å². The minimum atomic E-state index is -4.11. The molecule has 1 aliphatic heterocycles. The highest BCUT2D eigenvalue weighted by atomic mass is 32.2. The van der Waals surface area contributed by atoms with Crippen LogP contribution in [-0.4, -0.2) is 39.5 Å². The van der Waals surface area contributed by atoms with E-state index in [9.17, 15) is 27.5 Å². The van der Waals surface area contributed by atoms with E-state index in [-0.39, 0.29) is 36.6 Å². The van der Waals surface area contributed by atoms with Crippen LogP contribution in [0.25, 0.3) is 10.9 Å². The van der Waals surface area contributed by atoms with Gasteiger partial charge in [0.05, 0.1) is 22.3 Å². The number of rotatable bonds is 6. The Morgan fingerprint density at radius 3 is 2.56 bits per heavy atom. The van der Waals surface area contributed by atoms with Crippen LogP contribution >= 0.6 is 0 Å². The summed E-state index contributed by atoms with van der Waals surface area (Å²) in [5, 5.41) is 13.1. The Morgan fingerprint density at radius 1 is 1.07 bits per heavy atom. The van der Waals surface area contributed by atoms with Crippen molar-refractivity contribution in [1.29, 1.82) is 0 Å². The van der Waals surface area contributed by atoms with Gasteiger partial charge in [-0.1, -0.05) is 35.9 Å². The molecule has 0 spiro atoms. The van der Waals surface area contributed by atoms with Crippen LogP contribution in [-0.2, 0) is 29.5 Å². The van der Waals surface area contributed by atoms with E-state index in [0.29, 0.717) is 27.9 Å². The average Bonchev–Trinajstić information content (AvgIpc) is 3.17. The van der Waals surface area contributed by atoms with E-state index in [0.717, 1.165) is 16.7 Å². The van der Waals surface area contributed by atoms with Crippen LogP contribution in [0.1, 0.15) is 28.7 Å². The third kappa shape index (κ3) is 5.14. The molecule has 1 unspecified atom stereocenters. The normalized spacial score (nSPS) is 15.2. The zero-order chi connectivity index (χ0) is 30.3. The maximum Gasteiger partial charge on any atom is 0.294 e. The van der Waals surface area contributed by atoms with Gasteiger partial charge in [-0.05, 0) is 61.4 Å². The molecule has 0 aliphatic carbocycles. The van der Waals surface area contributed by atoms with Crippen molar-refractivity contribution in [2.24, 2.45) is 0 Å². The summed E-state index contributed by atoms with van der Waals surface area (Å²) in [6.45, 7) is 1.70. The molecule has 0 saturated heterocycles. The van der Waals surface area contributed by atoms with Crippen LogP contribution in [0.2, 0.25) is 0 Å². The number of halogens is 1. The fourth-order valence-corrected chi connectivity index (χ4v) is 7.09. The van der Waals surface area contributed by atoms with Crippen LogP contribution in [0.3, 0.4) is 0 Å². The summed E-state index contributed by atoms with van der Waals surface area (Å²) in [4.78, 5) is 31.1. The summed E-state index contributed by atoms with van der Waals surface area (Å²) in [7, 11) is -4.11. The van der Waals surface area contributed by atoms with Gasteiger partial charge in [-0.25, -0.2) is 16.8 Å². The third-order valence-electron chi connectivity index (χ3n) is 7.60. The van der Waals surface area contributed by atoms with Crippen LogP contribution in [0.4, 0.5) is 9.18 Å². The van der Waals surface area contributed by atoms with Gasteiger partial charge in [-0.2, -0.15) is 0 Å². The number of hydrogen-bond acceptors (Lipinski definition) is 7. The molecule has 1 atom stereocenters. The average molecular weight is 602 g/mol. The molecule has 12 heteroatoms. The molecule has 0 radical (unpaired) electrons. The van der Waals surface area contributed by atoms with Gasteiger partial charge in [0, 0.05) is 30.2 Å². The van der Waals surface area contributed by atoms with Crippen molar-refractivity contribution in [3.8, 4) is 5.75 Å². The van der Waals surface area contributed by atoms with Crippen molar-refractivity contribution in [3.05, 3.63) is 124 Å². The number of carbonyl (C=O) groups excluding carboxylic acids is 1. The predicted molar refractivity (Wildman–Crippen MR) is 153 cm³/mol. The number of benzene rings is 2. The molecule has 0 N–H and O–H groups in total. The number of aromatic nitrogens is 3. The summed E-state index contributed by atoms with van der Waals surface area (Å²) < 4.78 is 49.7. The van der Waals surface area contributed by atoms with E-state index in [4.69, 9.17) is 4.74 Å². The monoisotopic (exact) mass is 601 g/mol. The molecular formula is C31H26FN4O6S-. The maximum absolute atomic E-state index is 14.1. The number of para-hydroxylation sites is 1. The molecule has 0 fully saturated rings. The van der Waals surface area contributed by atoms with Crippen LogP contribution < -0.4 is 15.4 Å². The number of aryl methyl sites for hydroxylation is 1. The fourth-order valence-electron chi connectivity index (χ4n) is 5.51. The lowest BCUT2D eigenvalue weighted by atomic mass is 10.1. The Bertz CT molecular complexity index is 2000. The van der Waals surface area contributed by atoms with E-state index < -0.39 is 33.7 Å². The van der Waals surface area contributed by atoms with E-state index in [1.165, 1.54) is 51.1 Å². The fraction of sp³-hybridized carbons (Fsp3) is 0.194. The van der Waals surface area contributed by atoms with Crippen molar-refractivity contribution < 1.29 is 27.4 Å². The Morgan fingerprint density at radius 2 is 1.84 bits per heavy atom. The van der Waals surface area contributed by atoms with Gasteiger partial charge < -0.3 is 19.5 Å². The molecule has 6 rings (SSSR count). The van der Waals surface area contributed by atoms with Gasteiger partial charge in [0.2, 0.25) is 0 Å². The number of amides is 1. The molecule has 5 aromatic rings. The molecule has 0 bridgehead atoms. The van der Waals surface area contributed by atoms with Crippen molar-refractivity contribution in [3.63, 3.8) is 0 Å². The Labute approximate surface area is 246 Å². The van der Waals surface area contributed by atoms with Crippen molar-refractivity contribution in [1.82, 2.24) is 18.4 Å². The van der Waals surface area contributed by atoms with Crippen LogP contribution in [0.5, 0.6) is 5.75 Å². The highest BCUT2D eigenvalue weighted by Crippen LogP contribution is 2.36. The number of carbonyl (C=O) groups is 1. The maximum atomic E-state index is 14.1. The van der Waals surface area contributed by atoms with E-state index in [2.05, 4.69) is 4.98 Å². The highest BCUT2D eigenvalue weighted by molar-refractivity contribution is 7.90. The molecule has 1 aliphatic rings. The van der Waals surface area contributed by atoms with Gasteiger partial charge >= 0.3 is 0 Å². The van der Waals surface area contributed by atoms with Crippen LogP contribution in [0, 0.1) is 12.7 Å². The lowest BCUT2D eigenvalue weighted by Gasteiger charge is -2.33. The molecule has 43 heavy (non-hydrogen) atoms. The van der Waals surface area contributed by atoms with Crippen molar-refractivity contribution in [2.75, 3.05) is 6.54 Å². The Kier molecular flexibility index (Phi) is 7.22. The van der Waals surface area contributed by atoms with E-state index in [1.54, 1.807) is 30.3 Å². The van der Waals surface area contributed by atoms with Gasteiger partial charge in [-0.15, -0.1) is 0 Å². The lowest BCUT2D eigenvalue weighted by Crippen LogP contribution is -2.48. The minimum Gasteiger partial charge on any atom is -0.530 e. The van der Waals surface area contributed by atoms with E-state index >= 15 is 0 Å². The SMILES string of the molecule is Cc1ccc(S(=O)(=O)n2c3c(c4ccccc42)CCN(C(=O)[O-])C(n2cccc(OCc4ccc(F)cn4)c2=O)C3)cc1. The molecule has 1 amide bonds. The first-order valence-electron chi connectivity index (χ1n) is 13.5. The molecule has 10 nitrogen and oxygen atoms in total. The second-order valence-corrected chi connectivity index (χ2v) is 12.0. The first kappa shape index (κ1) is 28.2. The molecule has 4 heterocycles. The Hall–Kier alpha value is -4.97. The summed E-state index contributed by atoms with van der Waals surface area (Å²) in [5.41, 5.74) is 2.18. The largest absolute Gasteiger partial charge is 0.530 e. The van der Waals surface area contributed by atoms with Gasteiger partial charge in [-0.3, -0.25) is 14.3 Å². The highest BCUT2D eigenvalue weighted by Gasteiger charge is 2.34. The second-order valence-electron chi connectivity index (χ2n) is 10.3. The number of hydrogen-bond donors (Lipinski definition) is 0. The molecule has 3 aromatic heterocycles. The second kappa shape index (κ2) is 11.0. The van der Waals surface area contributed by atoms with Gasteiger partial charge in [0.1, 0.15) is 24.7 Å². The zero-order valence-corrected chi connectivity index (χ0v) is 23.8. The number of nitrogens with zero attached hydrogens (tertiary/aromatic N) is 4. The van der Waals surface area contributed by atoms with Crippen molar-refractivity contribution in [2.45, 2.75) is 37.4 Å².